The van der Waals surface area contributed by atoms with Crippen molar-refractivity contribution < 1.29 is 32.8 Å². The fourth-order valence-electron chi connectivity index (χ4n) is 1.21. The van der Waals surface area contributed by atoms with Crippen molar-refractivity contribution >= 4 is 24.8 Å². The van der Waals surface area contributed by atoms with Gasteiger partial charge in [0, 0.05) is 5.56 Å². The molecule has 2 amide bonds. The van der Waals surface area contributed by atoms with Gasteiger partial charge in [-0.15, -0.1) is 13.2 Å². The Bertz CT molecular complexity index is 522. The zero-order chi connectivity index (χ0) is 15.3. The van der Waals surface area contributed by atoms with Crippen molar-refractivity contribution in [2.45, 2.75) is 6.36 Å². The van der Waals surface area contributed by atoms with Gasteiger partial charge >= 0.3 is 19.5 Å². The van der Waals surface area contributed by atoms with Gasteiger partial charge in [0.2, 0.25) is 0 Å². The van der Waals surface area contributed by atoms with E-state index in [1.165, 1.54) is 0 Å². The van der Waals surface area contributed by atoms with E-state index in [2.05, 4.69) is 9.84 Å². The number of primary amides is 1. The van der Waals surface area contributed by atoms with Crippen LogP contribution in [0.2, 0.25) is 0 Å². The Morgan fingerprint density at radius 3 is 2.60 bits per heavy atom. The molecule has 1 rings (SSSR count). The van der Waals surface area contributed by atoms with E-state index in [0.717, 1.165) is 24.4 Å². The Morgan fingerprint density at radius 2 is 2.10 bits per heavy atom. The molecule has 0 aliphatic carbocycles. The molecule has 20 heavy (non-hydrogen) atoms. The molecular weight excluding hydrogens is 282 g/mol. The summed E-state index contributed by atoms with van der Waals surface area (Å²) in [5.41, 5.74) is 6.18. The minimum atomic E-state index is -4.93. The molecule has 0 atom stereocenters. The van der Waals surface area contributed by atoms with E-state index in [9.17, 15) is 18.0 Å². The second-order valence-corrected chi connectivity index (χ2v) is 3.45. The summed E-state index contributed by atoms with van der Waals surface area (Å²) >= 11 is 0. The van der Waals surface area contributed by atoms with E-state index in [-0.39, 0.29) is 11.0 Å². The van der Waals surface area contributed by atoms with E-state index in [1.807, 2.05) is 0 Å². The maximum absolute atomic E-state index is 12.2. The molecule has 108 valence electrons. The summed E-state index contributed by atoms with van der Waals surface area (Å²) in [6, 6.07) is 1.90. The molecule has 0 spiro atoms. The van der Waals surface area contributed by atoms with Gasteiger partial charge in [-0.3, -0.25) is 0 Å². The van der Waals surface area contributed by atoms with Crippen molar-refractivity contribution in [1.29, 1.82) is 0 Å². The number of hydrazone groups is 1. The number of amides is 2. The van der Waals surface area contributed by atoms with Gasteiger partial charge in [0.1, 0.15) is 5.75 Å². The average molecular weight is 291 g/mol. The Hall–Kier alpha value is -2.27. The number of benzene rings is 1. The van der Waals surface area contributed by atoms with Gasteiger partial charge in [-0.1, -0.05) is 6.07 Å². The molecule has 0 radical (unpaired) electrons. The molecule has 0 unspecified atom stereocenters. The number of hydrogen-bond donors (Lipinski definition) is 4. The standard InChI is InChI=1S/C9H9BF3N3O4/c11-9(12,13)20-7-2-1-6(10(18)19)3-5(7)4-15-16-8(14)17/h1-4,18-19H,(H3,14,16,17). The number of carbonyl (C=O) groups excluding carboxylic acids is 1. The number of alkyl halides is 3. The van der Waals surface area contributed by atoms with Crippen LogP contribution in [0.15, 0.2) is 23.3 Å². The summed E-state index contributed by atoms with van der Waals surface area (Å²) in [5, 5.41) is 21.2. The lowest BCUT2D eigenvalue weighted by molar-refractivity contribution is -0.274. The van der Waals surface area contributed by atoms with Gasteiger partial charge in [-0.25, -0.2) is 10.2 Å². The SMILES string of the molecule is NC(=O)NN=Cc1cc(B(O)O)ccc1OC(F)(F)F. The topological polar surface area (TPSA) is 117 Å². The predicted octanol–water partition coefficient (Wildman–Crippen LogP) is -0.733. The number of urea groups is 1. The fraction of sp³-hybridized carbons (Fsp3) is 0.111. The molecule has 0 saturated carbocycles. The molecule has 5 N–H and O–H groups in total. The van der Waals surface area contributed by atoms with Crippen molar-refractivity contribution in [3.05, 3.63) is 23.8 Å². The molecular formula is C9H9BF3N3O4. The molecule has 11 heteroatoms. The lowest BCUT2D eigenvalue weighted by Gasteiger charge is -2.12. The quantitative estimate of drug-likeness (QED) is 0.332. The van der Waals surface area contributed by atoms with Crippen LogP contribution in [0.1, 0.15) is 5.56 Å². The number of rotatable bonds is 4. The third kappa shape index (κ3) is 5.16. The molecule has 0 heterocycles. The number of nitrogens with two attached hydrogens (primary N) is 1. The second-order valence-electron chi connectivity index (χ2n) is 3.45. The van der Waals surface area contributed by atoms with Crippen LogP contribution in [-0.4, -0.2) is 35.8 Å². The third-order valence-corrected chi connectivity index (χ3v) is 1.94. The number of nitrogens with one attached hydrogen (secondary N) is 1. The van der Waals surface area contributed by atoms with Gasteiger partial charge in [0.15, 0.2) is 0 Å². The zero-order valence-corrected chi connectivity index (χ0v) is 9.76. The first-order valence-electron chi connectivity index (χ1n) is 5.03. The molecule has 1 aromatic rings. The summed E-state index contributed by atoms with van der Waals surface area (Å²) in [5.74, 6) is -0.628. The highest BCUT2D eigenvalue weighted by Crippen LogP contribution is 2.24. The maximum Gasteiger partial charge on any atom is 0.573 e. The normalized spacial score (nSPS) is 11.4. The van der Waals surface area contributed by atoms with Crippen LogP contribution in [0.25, 0.3) is 0 Å². The maximum atomic E-state index is 12.2. The van der Waals surface area contributed by atoms with Crippen molar-refractivity contribution in [1.82, 2.24) is 5.43 Å². The second kappa shape index (κ2) is 6.26. The lowest BCUT2D eigenvalue weighted by Crippen LogP contribution is -2.30. The van der Waals surface area contributed by atoms with Crippen molar-refractivity contribution in [2.24, 2.45) is 10.8 Å². The van der Waals surface area contributed by atoms with Crippen LogP contribution in [-0.2, 0) is 0 Å². The number of ether oxygens (including phenoxy) is 1. The van der Waals surface area contributed by atoms with Crippen LogP contribution in [0.4, 0.5) is 18.0 Å². The van der Waals surface area contributed by atoms with E-state index in [4.69, 9.17) is 15.8 Å². The Morgan fingerprint density at radius 1 is 1.45 bits per heavy atom. The lowest BCUT2D eigenvalue weighted by atomic mass is 9.79. The van der Waals surface area contributed by atoms with E-state index in [0.29, 0.717) is 0 Å². The van der Waals surface area contributed by atoms with Crippen LogP contribution in [0.3, 0.4) is 0 Å². The summed E-state index contributed by atoms with van der Waals surface area (Å²) in [6.45, 7) is 0. The average Bonchev–Trinajstić information content (AvgIpc) is 2.28. The molecule has 1 aromatic carbocycles. The van der Waals surface area contributed by atoms with E-state index in [1.54, 1.807) is 5.43 Å². The van der Waals surface area contributed by atoms with Crippen LogP contribution in [0.5, 0.6) is 5.75 Å². The Kier molecular flexibility index (Phi) is 4.94. The first kappa shape index (κ1) is 15.8. The largest absolute Gasteiger partial charge is 0.573 e. The predicted molar refractivity (Wildman–Crippen MR) is 63.3 cm³/mol. The van der Waals surface area contributed by atoms with Crippen LogP contribution < -0.4 is 21.4 Å². The van der Waals surface area contributed by atoms with Gasteiger partial charge in [-0.05, 0) is 17.6 Å². The Labute approximate surface area is 111 Å². The van der Waals surface area contributed by atoms with E-state index >= 15 is 0 Å². The molecule has 0 aromatic heterocycles. The summed E-state index contributed by atoms with van der Waals surface area (Å²) in [7, 11) is -1.88. The smallest absolute Gasteiger partial charge is 0.423 e. The van der Waals surface area contributed by atoms with Gasteiger partial charge in [0.05, 0.1) is 6.21 Å². The van der Waals surface area contributed by atoms with Crippen molar-refractivity contribution in [3.8, 4) is 5.75 Å². The van der Waals surface area contributed by atoms with Crippen LogP contribution in [0, 0.1) is 0 Å². The summed E-state index contributed by atoms with van der Waals surface area (Å²) in [4.78, 5) is 10.4. The molecule has 0 bridgehead atoms. The highest BCUT2D eigenvalue weighted by molar-refractivity contribution is 6.58. The zero-order valence-electron chi connectivity index (χ0n) is 9.76. The van der Waals surface area contributed by atoms with Crippen LogP contribution >= 0.6 is 0 Å². The van der Waals surface area contributed by atoms with Crippen molar-refractivity contribution in [2.75, 3.05) is 0 Å². The summed E-state index contributed by atoms with van der Waals surface area (Å²) in [6.07, 6.45) is -4.11. The minimum Gasteiger partial charge on any atom is -0.423 e. The minimum absolute atomic E-state index is 0.0833. The first-order chi connectivity index (χ1) is 9.19. The highest BCUT2D eigenvalue weighted by Gasteiger charge is 2.32. The number of hydrogen-bond acceptors (Lipinski definition) is 5. The number of nitrogens with zero attached hydrogens (tertiary/aromatic N) is 1. The van der Waals surface area contributed by atoms with E-state index < -0.39 is 25.3 Å². The number of carbonyl (C=O) groups is 1. The molecule has 7 nitrogen and oxygen atoms in total. The monoisotopic (exact) mass is 291 g/mol. The molecule has 0 saturated heterocycles. The van der Waals surface area contributed by atoms with Gasteiger partial charge < -0.3 is 20.5 Å². The Balaban J connectivity index is 3.09. The molecule has 0 aliphatic rings. The van der Waals surface area contributed by atoms with Crippen molar-refractivity contribution in [3.63, 3.8) is 0 Å². The first-order valence-corrected chi connectivity index (χ1v) is 5.03. The third-order valence-electron chi connectivity index (χ3n) is 1.94. The molecule has 0 aliphatic heterocycles. The number of halogens is 3. The molecule has 0 fully saturated rings. The fourth-order valence-corrected chi connectivity index (χ4v) is 1.21. The van der Waals surface area contributed by atoms with Gasteiger partial charge in [0.25, 0.3) is 0 Å². The van der Waals surface area contributed by atoms with Gasteiger partial charge in [-0.2, -0.15) is 5.10 Å². The highest BCUT2D eigenvalue weighted by atomic mass is 19.4. The summed E-state index contributed by atoms with van der Waals surface area (Å²) < 4.78 is 40.3.